The topological polar surface area (TPSA) is 41.6 Å². The molecule has 0 radical (unpaired) electrons. The molecule has 1 amide bonds. The summed E-state index contributed by atoms with van der Waals surface area (Å²) in [5.41, 5.74) is 2.54. The third-order valence-electron chi connectivity index (χ3n) is 5.10. The number of nitrogens with zero attached hydrogens (tertiary/aromatic N) is 1. The molecular weight excluding hydrogens is 425 g/mol. The van der Waals surface area contributed by atoms with Gasteiger partial charge in [0, 0.05) is 36.1 Å². The molecule has 1 aromatic heterocycles. The van der Waals surface area contributed by atoms with Gasteiger partial charge in [-0.25, -0.2) is 0 Å². The molecule has 0 unspecified atom stereocenters. The van der Waals surface area contributed by atoms with Gasteiger partial charge in [0.1, 0.15) is 5.75 Å². The molecule has 0 aliphatic carbocycles. The molecule has 0 saturated carbocycles. The Balaban J connectivity index is 1.30. The number of alkyl halides is 3. The van der Waals surface area contributed by atoms with Crippen LogP contribution in [0.25, 0.3) is 10.4 Å². The fourth-order valence-corrected chi connectivity index (χ4v) is 4.40. The van der Waals surface area contributed by atoms with Crippen molar-refractivity contribution in [2.75, 3.05) is 13.1 Å². The minimum absolute atomic E-state index is 0.0331. The molecule has 1 saturated heterocycles. The molecule has 1 N–H and O–H groups in total. The van der Waals surface area contributed by atoms with E-state index in [1.54, 1.807) is 23.5 Å². The molecule has 4 nitrogen and oxygen atoms in total. The molecule has 0 spiro atoms. The normalized spacial score (nSPS) is 16.9. The van der Waals surface area contributed by atoms with Gasteiger partial charge in [-0.3, -0.25) is 9.69 Å². The van der Waals surface area contributed by atoms with E-state index in [0.29, 0.717) is 18.7 Å². The Kier molecular flexibility index (Phi) is 6.29. The molecule has 4 rings (SSSR count). The number of amides is 1. The Bertz CT molecular complexity index is 1020. The zero-order valence-corrected chi connectivity index (χ0v) is 17.4. The van der Waals surface area contributed by atoms with E-state index in [1.807, 2.05) is 41.8 Å². The maximum absolute atomic E-state index is 12.7. The molecule has 1 aliphatic heterocycles. The van der Waals surface area contributed by atoms with E-state index in [-0.39, 0.29) is 17.7 Å². The van der Waals surface area contributed by atoms with Crippen molar-refractivity contribution in [3.8, 4) is 16.2 Å². The van der Waals surface area contributed by atoms with Crippen molar-refractivity contribution in [3.63, 3.8) is 0 Å². The zero-order valence-electron chi connectivity index (χ0n) is 16.6. The van der Waals surface area contributed by atoms with Crippen molar-refractivity contribution in [1.82, 2.24) is 10.2 Å². The van der Waals surface area contributed by atoms with Crippen LogP contribution < -0.4 is 10.1 Å². The van der Waals surface area contributed by atoms with Gasteiger partial charge in [-0.05, 0) is 53.3 Å². The quantitative estimate of drug-likeness (QED) is 0.557. The van der Waals surface area contributed by atoms with Gasteiger partial charge in [0.25, 0.3) is 5.91 Å². The van der Waals surface area contributed by atoms with E-state index >= 15 is 0 Å². The lowest BCUT2D eigenvalue weighted by molar-refractivity contribution is -0.274. The first-order valence-electron chi connectivity index (χ1n) is 9.87. The number of carbonyl (C=O) groups is 1. The smallest absolute Gasteiger partial charge is 0.406 e. The second-order valence-corrected chi connectivity index (χ2v) is 8.39. The molecule has 2 heterocycles. The monoisotopic (exact) mass is 446 g/mol. The second kappa shape index (κ2) is 9.11. The van der Waals surface area contributed by atoms with Crippen LogP contribution in [0.5, 0.6) is 5.75 Å². The van der Waals surface area contributed by atoms with Crippen LogP contribution in [0, 0.1) is 0 Å². The molecule has 3 aromatic rings. The Hall–Kier alpha value is -2.84. The van der Waals surface area contributed by atoms with Crippen LogP contribution in [0.3, 0.4) is 0 Å². The summed E-state index contributed by atoms with van der Waals surface area (Å²) in [7, 11) is 0. The fraction of sp³-hybridized carbons (Fsp3) is 0.261. The van der Waals surface area contributed by atoms with Gasteiger partial charge in [0.2, 0.25) is 0 Å². The van der Waals surface area contributed by atoms with Crippen molar-refractivity contribution >= 4 is 17.2 Å². The van der Waals surface area contributed by atoms with Gasteiger partial charge in [-0.1, -0.05) is 30.3 Å². The highest BCUT2D eigenvalue weighted by molar-refractivity contribution is 7.13. The van der Waals surface area contributed by atoms with Gasteiger partial charge >= 0.3 is 6.36 Å². The first-order valence-corrected chi connectivity index (χ1v) is 10.8. The van der Waals surface area contributed by atoms with E-state index in [9.17, 15) is 18.0 Å². The third kappa shape index (κ3) is 5.86. The number of halogens is 3. The van der Waals surface area contributed by atoms with Crippen molar-refractivity contribution in [2.24, 2.45) is 0 Å². The summed E-state index contributed by atoms with van der Waals surface area (Å²) in [4.78, 5) is 16.0. The largest absolute Gasteiger partial charge is 0.573 e. The summed E-state index contributed by atoms with van der Waals surface area (Å²) in [6.07, 6.45) is -3.86. The molecule has 2 aromatic carbocycles. The number of thiophene rings is 1. The molecule has 1 aliphatic rings. The van der Waals surface area contributed by atoms with E-state index in [0.717, 1.165) is 29.0 Å². The first kappa shape index (κ1) is 21.4. The summed E-state index contributed by atoms with van der Waals surface area (Å²) in [6, 6.07) is 17.5. The second-order valence-electron chi connectivity index (χ2n) is 7.44. The SMILES string of the molecule is O=C(N[C@H]1CCN(Cc2ccc(OC(F)(F)F)cc2)C1)c1cccc(-c2cccs2)c1. The van der Waals surface area contributed by atoms with E-state index in [1.165, 1.54) is 12.1 Å². The molecule has 1 fully saturated rings. The van der Waals surface area contributed by atoms with Crippen LogP contribution in [0.15, 0.2) is 66.0 Å². The summed E-state index contributed by atoms with van der Waals surface area (Å²) in [5.74, 6) is -0.327. The van der Waals surface area contributed by atoms with Crippen LogP contribution in [0.2, 0.25) is 0 Å². The fourth-order valence-electron chi connectivity index (χ4n) is 3.67. The Morgan fingerprint density at radius 3 is 2.65 bits per heavy atom. The maximum atomic E-state index is 12.7. The van der Waals surface area contributed by atoms with Gasteiger partial charge in [0.15, 0.2) is 0 Å². The molecule has 1 atom stereocenters. The lowest BCUT2D eigenvalue weighted by atomic mass is 10.1. The number of likely N-dealkylation sites (tertiary alicyclic amines) is 1. The average Bonchev–Trinajstić information content (AvgIpc) is 3.41. The lowest BCUT2D eigenvalue weighted by Crippen LogP contribution is -2.37. The molecule has 31 heavy (non-hydrogen) atoms. The Labute approximate surface area is 182 Å². The number of benzene rings is 2. The van der Waals surface area contributed by atoms with E-state index < -0.39 is 6.36 Å². The predicted octanol–water partition coefficient (Wildman–Crippen LogP) is 5.32. The van der Waals surface area contributed by atoms with Crippen LogP contribution in [0.1, 0.15) is 22.3 Å². The van der Waals surface area contributed by atoms with Crippen LogP contribution >= 0.6 is 11.3 Å². The standard InChI is InChI=1S/C23H21F3N2O2S/c24-23(25,26)30-20-8-6-16(7-9-20)14-28-11-10-19(15-28)27-22(29)18-4-1-3-17(13-18)21-5-2-12-31-21/h1-9,12-13,19H,10-11,14-15H2,(H,27,29)/t19-/m0/s1. The average molecular weight is 446 g/mol. The lowest BCUT2D eigenvalue weighted by Gasteiger charge is -2.17. The van der Waals surface area contributed by atoms with Crippen LogP contribution in [-0.4, -0.2) is 36.3 Å². The third-order valence-corrected chi connectivity index (χ3v) is 6.02. The van der Waals surface area contributed by atoms with Crippen molar-refractivity contribution in [2.45, 2.75) is 25.4 Å². The molecule has 8 heteroatoms. The summed E-state index contributed by atoms with van der Waals surface area (Å²) >= 11 is 1.63. The number of nitrogens with one attached hydrogen (secondary N) is 1. The minimum atomic E-state index is -4.69. The summed E-state index contributed by atoms with van der Waals surface area (Å²) in [6.45, 7) is 2.10. The highest BCUT2D eigenvalue weighted by atomic mass is 32.1. The van der Waals surface area contributed by atoms with Gasteiger partial charge in [0.05, 0.1) is 0 Å². The highest BCUT2D eigenvalue weighted by Gasteiger charge is 2.31. The number of hydrogen-bond donors (Lipinski definition) is 1. The van der Waals surface area contributed by atoms with Crippen LogP contribution in [0.4, 0.5) is 13.2 Å². The van der Waals surface area contributed by atoms with Crippen molar-refractivity contribution < 1.29 is 22.7 Å². The Morgan fingerprint density at radius 2 is 1.94 bits per heavy atom. The molecular formula is C23H21F3N2O2S. The van der Waals surface area contributed by atoms with E-state index in [2.05, 4.69) is 15.0 Å². The summed E-state index contributed by atoms with van der Waals surface area (Å²) in [5, 5.41) is 5.10. The molecule has 162 valence electrons. The Morgan fingerprint density at radius 1 is 1.13 bits per heavy atom. The number of rotatable bonds is 6. The van der Waals surface area contributed by atoms with Gasteiger partial charge in [-0.2, -0.15) is 0 Å². The molecule has 0 bridgehead atoms. The number of ether oxygens (including phenoxy) is 1. The van der Waals surface area contributed by atoms with Crippen LogP contribution in [-0.2, 0) is 6.54 Å². The van der Waals surface area contributed by atoms with Crippen molar-refractivity contribution in [1.29, 1.82) is 0 Å². The highest BCUT2D eigenvalue weighted by Crippen LogP contribution is 2.26. The number of hydrogen-bond acceptors (Lipinski definition) is 4. The minimum Gasteiger partial charge on any atom is -0.406 e. The van der Waals surface area contributed by atoms with E-state index in [4.69, 9.17) is 0 Å². The number of carbonyl (C=O) groups excluding carboxylic acids is 1. The zero-order chi connectivity index (χ0) is 21.8. The summed E-state index contributed by atoms with van der Waals surface area (Å²) < 4.78 is 40.7. The van der Waals surface area contributed by atoms with Gasteiger partial charge in [-0.15, -0.1) is 24.5 Å². The predicted molar refractivity (Wildman–Crippen MR) is 114 cm³/mol. The van der Waals surface area contributed by atoms with Gasteiger partial charge < -0.3 is 10.1 Å². The van der Waals surface area contributed by atoms with Crippen molar-refractivity contribution in [3.05, 3.63) is 77.2 Å². The maximum Gasteiger partial charge on any atom is 0.573 e. The first-order chi connectivity index (χ1) is 14.9.